The Kier molecular flexibility index (Phi) is 5.59. The van der Waals surface area contributed by atoms with Gasteiger partial charge in [-0.25, -0.2) is 4.39 Å². The summed E-state index contributed by atoms with van der Waals surface area (Å²) in [6, 6.07) is 5.30. The third-order valence-electron chi connectivity index (χ3n) is 4.49. The maximum atomic E-state index is 13.4. The number of piperidine rings is 1. The summed E-state index contributed by atoms with van der Waals surface area (Å²) < 4.78 is 13.4. The fourth-order valence-corrected chi connectivity index (χ4v) is 2.99. The van der Waals surface area contributed by atoms with Crippen molar-refractivity contribution in [3.8, 4) is 0 Å². The highest BCUT2D eigenvalue weighted by Gasteiger charge is 2.18. The van der Waals surface area contributed by atoms with Crippen LogP contribution in [0.2, 0.25) is 0 Å². The molecular formula is C17H28FN3. The fraction of sp³-hybridized carbons (Fsp3) is 0.647. The monoisotopic (exact) mass is 293 g/mol. The van der Waals surface area contributed by atoms with Crippen LogP contribution in [0.15, 0.2) is 18.2 Å². The van der Waals surface area contributed by atoms with Crippen LogP contribution in [0.4, 0.5) is 10.1 Å². The Morgan fingerprint density at radius 3 is 2.62 bits per heavy atom. The Morgan fingerprint density at radius 1 is 1.33 bits per heavy atom. The van der Waals surface area contributed by atoms with Crippen molar-refractivity contribution in [1.29, 1.82) is 0 Å². The third kappa shape index (κ3) is 4.42. The van der Waals surface area contributed by atoms with Crippen LogP contribution in [0.5, 0.6) is 0 Å². The number of rotatable bonds is 5. The van der Waals surface area contributed by atoms with Gasteiger partial charge in [0.15, 0.2) is 0 Å². The standard InChI is InChI=1S/C17H28FN3/c1-13(19-12-14-7-9-21(4)10-8-14)16-6-5-15(18)11-17(16)20(2)3/h5-6,11,13-14,19H,7-10,12H2,1-4H3/t13-/m0/s1. The van der Waals surface area contributed by atoms with Gasteiger partial charge >= 0.3 is 0 Å². The van der Waals surface area contributed by atoms with E-state index in [0.717, 1.165) is 23.7 Å². The van der Waals surface area contributed by atoms with Crippen LogP contribution in [0.1, 0.15) is 31.4 Å². The van der Waals surface area contributed by atoms with Crippen molar-refractivity contribution in [3.63, 3.8) is 0 Å². The first-order valence-electron chi connectivity index (χ1n) is 7.86. The van der Waals surface area contributed by atoms with E-state index in [1.807, 2.05) is 25.1 Å². The molecular weight excluding hydrogens is 265 g/mol. The lowest BCUT2D eigenvalue weighted by atomic mass is 9.96. The molecule has 1 aromatic rings. The third-order valence-corrected chi connectivity index (χ3v) is 4.49. The lowest BCUT2D eigenvalue weighted by Crippen LogP contribution is -2.35. The molecule has 0 unspecified atom stereocenters. The van der Waals surface area contributed by atoms with Crippen molar-refractivity contribution in [2.75, 3.05) is 45.7 Å². The zero-order valence-corrected chi connectivity index (χ0v) is 13.7. The maximum Gasteiger partial charge on any atom is 0.125 e. The smallest absolute Gasteiger partial charge is 0.125 e. The van der Waals surface area contributed by atoms with E-state index < -0.39 is 0 Å². The number of nitrogens with zero attached hydrogens (tertiary/aromatic N) is 2. The van der Waals surface area contributed by atoms with Crippen LogP contribution in [-0.4, -0.2) is 45.7 Å². The van der Waals surface area contributed by atoms with Gasteiger partial charge in [0.25, 0.3) is 0 Å². The van der Waals surface area contributed by atoms with Gasteiger partial charge in [-0.1, -0.05) is 6.07 Å². The predicted molar refractivity (Wildman–Crippen MR) is 87.4 cm³/mol. The Morgan fingerprint density at radius 2 is 2.00 bits per heavy atom. The van der Waals surface area contributed by atoms with Crippen LogP contribution in [-0.2, 0) is 0 Å². The highest BCUT2D eigenvalue weighted by Crippen LogP contribution is 2.26. The minimum absolute atomic E-state index is 0.176. The summed E-state index contributed by atoms with van der Waals surface area (Å²) in [5, 5.41) is 3.63. The summed E-state index contributed by atoms with van der Waals surface area (Å²) in [5.41, 5.74) is 2.12. The number of hydrogen-bond donors (Lipinski definition) is 1. The summed E-state index contributed by atoms with van der Waals surface area (Å²) in [4.78, 5) is 4.37. The van der Waals surface area contributed by atoms with Gasteiger partial charge in [0, 0.05) is 25.8 Å². The Balaban J connectivity index is 1.95. The van der Waals surface area contributed by atoms with E-state index in [4.69, 9.17) is 0 Å². The second-order valence-electron chi connectivity index (χ2n) is 6.47. The molecule has 0 radical (unpaired) electrons. The van der Waals surface area contributed by atoms with E-state index in [1.165, 1.54) is 25.9 Å². The minimum Gasteiger partial charge on any atom is -0.377 e. The molecule has 1 aliphatic heterocycles. The zero-order chi connectivity index (χ0) is 15.4. The summed E-state index contributed by atoms with van der Waals surface area (Å²) in [6.45, 7) is 5.59. The van der Waals surface area contributed by atoms with Gasteiger partial charge in [-0.15, -0.1) is 0 Å². The Hall–Kier alpha value is -1.13. The topological polar surface area (TPSA) is 18.5 Å². The molecule has 1 N–H and O–H groups in total. The van der Waals surface area contributed by atoms with E-state index in [0.29, 0.717) is 0 Å². The Labute approximate surface area is 128 Å². The van der Waals surface area contributed by atoms with Crippen LogP contribution < -0.4 is 10.2 Å². The molecule has 1 fully saturated rings. The van der Waals surface area contributed by atoms with Gasteiger partial charge in [-0.3, -0.25) is 0 Å². The highest BCUT2D eigenvalue weighted by atomic mass is 19.1. The van der Waals surface area contributed by atoms with Crippen LogP contribution >= 0.6 is 0 Å². The first kappa shape index (κ1) is 16.2. The minimum atomic E-state index is -0.176. The first-order valence-corrected chi connectivity index (χ1v) is 7.86. The van der Waals surface area contributed by atoms with E-state index in [1.54, 1.807) is 12.1 Å². The average Bonchev–Trinajstić information content (AvgIpc) is 2.46. The number of halogens is 1. The zero-order valence-electron chi connectivity index (χ0n) is 13.7. The second kappa shape index (κ2) is 7.23. The van der Waals surface area contributed by atoms with Gasteiger partial charge in [-0.2, -0.15) is 0 Å². The van der Waals surface area contributed by atoms with Crippen LogP contribution in [0.3, 0.4) is 0 Å². The predicted octanol–water partition coefficient (Wildman–Crippen LogP) is 2.88. The molecule has 1 saturated heterocycles. The molecule has 0 amide bonds. The summed E-state index contributed by atoms with van der Waals surface area (Å²) in [6.07, 6.45) is 2.53. The van der Waals surface area contributed by atoms with Crippen molar-refractivity contribution >= 4 is 5.69 Å². The Bertz CT molecular complexity index is 453. The largest absolute Gasteiger partial charge is 0.377 e. The number of anilines is 1. The number of nitrogens with one attached hydrogen (secondary N) is 1. The van der Waals surface area contributed by atoms with Crippen LogP contribution in [0, 0.1) is 11.7 Å². The van der Waals surface area contributed by atoms with Crippen molar-refractivity contribution in [3.05, 3.63) is 29.6 Å². The molecule has 2 rings (SSSR count). The number of benzene rings is 1. The van der Waals surface area contributed by atoms with E-state index in [2.05, 4.69) is 24.2 Å². The maximum absolute atomic E-state index is 13.4. The van der Waals surface area contributed by atoms with E-state index in [-0.39, 0.29) is 11.9 Å². The van der Waals surface area contributed by atoms with Crippen molar-refractivity contribution in [2.24, 2.45) is 5.92 Å². The average molecular weight is 293 g/mol. The SMILES string of the molecule is C[C@H](NCC1CCN(C)CC1)c1ccc(F)cc1N(C)C. The van der Waals surface area contributed by atoms with Crippen LogP contribution in [0.25, 0.3) is 0 Å². The molecule has 118 valence electrons. The van der Waals surface area contributed by atoms with Gasteiger partial charge in [0.05, 0.1) is 0 Å². The van der Waals surface area contributed by atoms with Crippen molar-refractivity contribution < 1.29 is 4.39 Å². The van der Waals surface area contributed by atoms with E-state index >= 15 is 0 Å². The lowest BCUT2D eigenvalue weighted by molar-refractivity contribution is 0.213. The molecule has 1 atom stereocenters. The summed E-state index contributed by atoms with van der Waals surface area (Å²) in [5.74, 6) is 0.580. The van der Waals surface area contributed by atoms with Gasteiger partial charge in [-0.05, 0) is 70.1 Å². The molecule has 0 bridgehead atoms. The number of likely N-dealkylation sites (tertiary alicyclic amines) is 1. The molecule has 1 aromatic carbocycles. The molecule has 0 saturated carbocycles. The molecule has 0 aliphatic carbocycles. The van der Waals surface area contributed by atoms with Gasteiger partial charge in [0.2, 0.25) is 0 Å². The molecule has 0 spiro atoms. The molecule has 1 heterocycles. The van der Waals surface area contributed by atoms with Crippen molar-refractivity contribution in [2.45, 2.75) is 25.8 Å². The first-order chi connectivity index (χ1) is 9.97. The fourth-order valence-electron chi connectivity index (χ4n) is 2.99. The summed E-state index contributed by atoms with van der Waals surface area (Å²) in [7, 11) is 6.11. The quantitative estimate of drug-likeness (QED) is 0.900. The van der Waals surface area contributed by atoms with Gasteiger partial charge in [0.1, 0.15) is 5.82 Å². The second-order valence-corrected chi connectivity index (χ2v) is 6.47. The van der Waals surface area contributed by atoms with Crippen molar-refractivity contribution in [1.82, 2.24) is 10.2 Å². The normalized spacial score (nSPS) is 18.7. The van der Waals surface area contributed by atoms with E-state index in [9.17, 15) is 4.39 Å². The molecule has 0 aromatic heterocycles. The number of hydrogen-bond acceptors (Lipinski definition) is 3. The lowest BCUT2D eigenvalue weighted by Gasteiger charge is -2.30. The molecule has 1 aliphatic rings. The summed E-state index contributed by atoms with van der Waals surface area (Å²) >= 11 is 0. The molecule has 21 heavy (non-hydrogen) atoms. The molecule has 4 heteroatoms. The highest BCUT2D eigenvalue weighted by molar-refractivity contribution is 5.54. The van der Waals surface area contributed by atoms with Gasteiger partial charge < -0.3 is 15.1 Å². The molecule has 3 nitrogen and oxygen atoms in total.